The highest BCUT2D eigenvalue weighted by atomic mass is 16.4. The van der Waals surface area contributed by atoms with Crippen LogP contribution in [-0.4, -0.2) is 31.8 Å². The molecule has 2 N–H and O–H groups in total. The van der Waals surface area contributed by atoms with Crippen LogP contribution < -0.4 is 0 Å². The van der Waals surface area contributed by atoms with Gasteiger partial charge >= 0.3 is 5.97 Å². The number of aliphatic carboxylic acids is 1. The van der Waals surface area contributed by atoms with Gasteiger partial charge in [0.15, 0.2) is 0 Å². The molecule has 2 aromatic rings. The van der Waals surface area contributed by atoms with Gasteiger partial charge in [0.2, 0.25) is 0 Å². The van der Waals surface area contributed by atoms with Crippen molar-refractivity contribution in [3.63, 3.8) is 0 Å². The Bertz CT molecular complexity index is 575. The van der Waals surface area contributed by atoms with E-state index < -0.39 is 5.97 Å². The van der Waals surface area contributed by atoms with Crippen LogP contribution in [0.3, 0.4) is 0 Å². The molecule has 1 atom stereocenters. The molecule has 0 fully saturated rings. The number of aliphatic hydroxyl groups excluding tert-OH is 1. The van der Waals surface area contributed by atoms with Crippen molar-refractivity contribution >= 4 is 17.0 Å². The summed E-state index contributed by atoms with van der Waals surface area (Å²) in [6.07, 6.45) is 0.956. The summed E-state index contributed by atoms with van der Waals surface area (Å²) in [6.45, 7) is 2.15. The number of hydrogen-bond acceptors (Lipinski definition) is 3. The van der Waals surface area contributed by atoms with Crippen molar-refractivity contribution in [3.05, 3.63) is 30.1 Å². The maximum Gasteiger partial charge on any atom is 0.305 e. The third kappa shape index (κ3) is 3.32. The summed E-state index contributed by atoms with van der Waals surface area (Å²) in [6, 6.07) is 7.68. The van der Waals surface area contributed by atoms with Crippen LogP contribution in [0.4, 0.5) is 0 Å². The van der Waals surface area contributed by atoms with E-state index in [2.05, 4.69) is 4.98 Å². The number of hydrogen-bond donors (Lipinski definition) is 2. The van der Waals surface area contributed by atoms with Crippen LogP contribution in [0, 0.1) is 0 Å². The monoisotopic (exact) mass is 262 g/mol. The lowest BCUT2D eigenvalue weighted by molar-refractivity contribution is -0.137. The Morgan fingerprint density at radius 1 is 1.42 bits per heavy atom. The molecule has 0 bridgehead atoms. The van der Waals surface area contributed by atoms with Crippen LogP contribution in [0.1, 0.15) is 25.6 Å². The predicted molar refractivity (Wildman–Crippen MR) is 72.0 cm³/mol. The van der Waals surface area contributed by atoms with E-state index in [0.717, 1.165) is 16.9 Å². The fraction of sp³-hybridized carbons (Fsp3) is 0.429. The van der Waals surface area contributed by atoms with Gasteiger partial charge in [-0.1, -0.05) is 12.1 Å². The molecule has 0 aliphatic carbocycles. The SMILES string of the molecule is CC(O)CCc1nc2ccccc2n1CCC(=O)O. The average Bonchev–Trinajstić information content (AvgIpc) is 2.71. The summed E-state index contributed by atoms with van der Waals surface area (Å²) in [5.74, 6) is 0.0163. The number of benzene rings is 1. The van der Waals surface area contributed by atoms with E-state index in [0.29, 0.717) is 19.4 Å². The Kier molecular flexibility index (Phi) is 4.16. The number of aliphatic hydroxyl groups is 1. The zero-order valence-electron chi connectivity index (χ0n) is 10.9. The molecule has 0 amide bonds. The fourth-order valence-electron chi connectivity index (χ4n) is 2.11. The molecule has 0 saturated heterocycles. The van der Waals surface area contributed by atoms with Crippen LogP contribution in [0.5, 0.6) is 0 Å². The lowest BCUT2D eigenvalue weighted by Gasteiger charge is -2.08. The summed E-state index contributed by atoms with van der Waals surface area (Å²) in [5.41, 5.74) is 1.82. The lowest BCUT2D eigenvalue weighted by atomic mass is 10.2. The molecule has 5 nitrogen and oxygen atoms in total. The van der Waals surface area contributed by atoms with Crippen molar-refractivity contribution in [2.45, 2.75) is 38.8 Å². The normalized spacial score (nSPS) is 12.7. The van der Waals surface area contributed by atoms with Crippen molar-refractivity contribution in [3.8, 4) is 0 Å². The van der Waals surface area contributed by atoms with Crippen molar-refractivity contribution in [1.29, 1.82) is 0 Å². The minimum absolute atomic E-state index is 0.0715. The second-order valence-corrected chi connectivity index (χ2v) is 4.70. The minimum atomic E-state index is -0.820. The standard InChI is InChI=1S/C14H18N2O3/c1-10(17)6-7-13-15-11-4-2-3-5-12(11)16(13)9-8-14(18)19/h2-5,10,17H,6-9H2,1H3,(H,18,19). The number of rotatable bonds is 6. The third-order valence-corrected chi connectivity index (χ3v) is 3.07. The maximum absolute atomic E-state index is 10.7. The van der Waals surface area contributed by atoms with Crippen LogP contribution >= 0.6 is 0 Å². The molecule has 1 aromatic heterocycles. The van der Waals surface area contributed by atoms with Gasteiger partial charge in [-0.3, -0.25) is 4.79 Å². The molecule has 0 spiro atoms. The molecule has 1 unspecified atom stereocenters. The van der Waals surface area contributed by atoms with Gasteiger partial charge < -0.3 is 14.8 Å². The maximum atomic E-state index is 10.7. The lowest BCUT2D eigenvalue weighted by Crippen LogP contribution is -2.10. The Labute approximate surface area is 111 Å². The van der Waals surface area contributed by atoms with Gasteiger partial charge in [-0.2, -0.15) is 0 Å². The molecule has 0 saturated carbocycles. The van der Waals surface area contributed by atoms with E-state index in [1.54, 1.807) is 6.92 Å². The summed E-state index contributed by atoms with van der Waals surface area (Å²) in [5, 5.41) is 18.2. The van der Waals surface area contributed by atoms with Gasteiger partial charge in [-0.05, 0) is 25.5 Å². The average molecular weight is 262 g/mol. The quantitative estimate of drug-likeness (QED) is 0.832. The van der Waals surface area contributed by atoms with Crippen LogP contribution in [0.15, 0.2) is 24.3 Å². The summed E-state index contributed by atoms with van der Waals surface area (Å²) in [4.78, 5) is 15.3. The number of para-hydroxylation sites is 2. The van der Waals surface area contributed by atoms with Gasteiger partial charge in [0.1, 0.15) is 5.82 Å². The van der Waals surface area contributed by atoms with Gasteiger partial charge in [0, 0.05) is 13.0 Å². The second kappa shape index (κ2) is 5.84. The zero-order chi connectivity index (χ0) is 13.8. The first-order chi connectivity index (χ1) is 9.08. The number of aryl methyl sites for hydroxylation is 2. The number of aromatic nitrogens is 2. The molecule has 5 heteroatoms. The Balaban J connectivity index is 2.31. The van der Waals surface area contributed by atoms with Gasteiger partial charge in [-0.15, -0.1) is 0 Å². The number of carboxylic acids is 1. The van der Waals surface area contributed by atoms with E-state index >= 15 is 0 Å². The highest BCUT2D eigenvalue weighted by Gasteiger charge is 2.12. The highest BCUT2D eigenvalue weighted by Crippen LogP contribution is 2.18. The number of carbonyl (C=O) groups is 1. The van der Waals surface area contributed by atoms with Gasteiger partial charge in [0.05, 0.1) is 23.6 Å². The summed E-state index contributed by atoms with van der Waals surface area (Å²) >= 11 is 0. The fourth-order valence-corrected chi connectivity index (χ4v) is 2.11. The molecule has 1 aromatic carbocycles. The van der Waals surface area contributed by atoms with Gasteiger partial charge in [-0.25, -0.2) is 4.98 Å². The van der Waals surface area contributed by atoms with E-state index in [4.69, 9.17) is 5.11 Å². The minimum Gasteiger partial charge on any atom is -0.481 e. The van der Waals surface area contributed by atoms with Crippen LogP contribution in [-0.2, 0) is 17.8 Å². The van der Waals surface area contributed by atoms with Crippen molar-refractivity contribution in [2.75, 3.05) is 0 Å². The van der Waals surface area contributed by atoms with Crippen molar-refractivity contribution in [2.24, 2.45) is 0 Å². The molecule has 0 radical (unpaired) electrons. The molecule has 102 valence electrons. The Morgan fingerprint density at radius 2 is 2.16 bits per heavy atom. The Morgan fingerprint density at radius 3 is 2.84 bits per heavy atom. The van der Waals surface area contributed by atoms with Crippen molar-refractivity contribution < 1.29 is 15.0 Å². The van der Waals surface area contributed by atoms with E-state index in [9.17, 15) is 9.90 Å². The molecule has 2 rings (SSSR count). The van der Waals surface area contributed by atoms with E-state index in [-0.39, 0.29) is 12.5 Å². The first kappa shape index (κ1) is 13.5. The molecule has 1 heterocycles. The predicted octanol–water partition coefficient (Wildman–Crippen LogP) is 1.82. The molecule has 0 aliphatic rings. The smallest absolute Gasteiger partial charge is 0.305 e. The topological polar surface area (TPSA) is 75.4 Å². The number of fused-ring (bicyclic) bond motifs is 1. The largest absolute Gasteiger partial charge is 0.481 e. The first-order valence-corrected chi connectivity index (χ1v) is 6.42. The molecule has 19 heavy (non-hydrogen) atoms. The van der Waals surface area contributed by atoms with Gasteiger partial charge in [0.25, 0.3) is 0 Å². The molecular weight excluding hydrogens is 244 g/mol. The number of nitrogens with zero attached hydrogens (tertiary/aromatic N) is 2. The van der Waals surface area contributed by atoms with Crippen molar-refractivity contribution in [1.82, 2.24) is 9.55 Å². The Hall–Kier alpha value is -1.88. The summed E-state index contributed by atoms with van der Waals surface area (Å²) in [7, 11) is 0. The molecule has 0 aliphatic heterocycles. The number of imidazole rings is 1. The highest BCUT2D eigenvalue weighted by molar-refractivity contribution is 5.76. The van der Waals surface area contributed by atoms with E-state index in [1.165, 1.54) is 0 Å². The molecular formula is C14H18N2O3. The zero-order valence-corrected chi connectivity index (χ0v) is 10.9. The third-order valence-electron chi connectivity index (χ3n) is 3.07. The first-order valence-electron chi connectivity index (χ1n) is 6.42. The number of carboxylic acid groups (broad SMARTS) is 1. The second-order valence-electron chi connectivity index (χ2n) is 4.70. The van der Waals surface area contributed by atoms with Crippen LogP contribution in [0.2, 0.25) is 0 Å². The summed E-state index contributed by atoms with van der Waals surface area (Å²) < 4.78 is 1.94. The van der Waals surface area contributed by atoms with E-state index in [1.807, 2.05) is 28.8 Å². The van der Waals surface area contributed by atoms with Crippen LogP contribution in [0.25, 0.3) is 11.0 Å².